The minimum absolute atomic E-state index is 0.0212. The van der Waals surface area contributed by atoms with Crippen LogP contribution in [0.1, 0.15) is 103 Å². The molecule has 0 saturated carbocycles. The van der Waals surface area contributed by atoms with Crippen LogP contribution >= 0.6 is 0 Å². The van der Waals surface area contributed by atoms with Gasteiger partial charge in [0.1, 0.15) is 58.4 Å². The summed E-state index contributed by atoms with van der Waals surface area (Å²) in [5.41, 5.74) is 27.9. The number of hydrogen-bond acceptors (Lipinski definition) is 29. The number of aromatic nitrogens is 25. The number of carbonyl (C=O) groups excluding carboxylic acids is 3. The average Bonchev–Trinajstić information content (AvgIpc) is 1.66. The summed E-state index contributed by atoms with van der Waals surface area (Å²) in [7, 11) is 1.52. The summed E-state index contributed by atoms with van der Waals surface area (Å²) in [4.78, 5) is 91.3. The lowest BCUT2D eigenvalue weighted by Gasteiger charge is -2.05. The van der Waals surface area contributed by atoms with Gasteiger partial charge in [-0.3, -0.25) is 49.3 Å². The van der Waals surface area contributed by atoms with Crippen LogP contribution in [0.4, 0.5) is 0 Å². The molecule has 35 nitrogen and oxygen atoms in total. The van der Waals surface area contributed by atoms with E-state index in [0.717, 1.165) is 116 Å². The lowest BCUT2D eigenvalue weighted by Crippen LogP contribution is -2.15. The van der Waals surface area contributed by atoms with Crippen molar-refractivity contribution < 1.29 is 24.4 Å². The second-order valence-electron chi connectivity index (χ2n) is 29.2. The molecule has 0 aliphatic heterocycles. The van der Waals surface area contributed by atoms with Crippen molar-refractivity contribution in [3.8, 4) is 0 Å². The van der Waals surface area contributed by atoms with E-state index >= 15 is 0 Å². The third-order valence-corrected chi connectivity index (χ3v) is 20.0. The molecule has 0 aliphatic rings. The Bertz CT molecular complexity index is 7430. The normalized spacial score (nSPS) is 11.9. The number of nitrogens with two attached hydrogens (primary N) is 1. The Morgan fingerprint density at radius 3 is 0.841 bits per heavy atom. The number of fused-ring (bicyclic) bond motifs is 10. The molecule has 20 rings (SSSR count). The van der Waals surface area contributed by atoms with E-state index in [9.17, 15) is 14.4 Å². The fraction of sp³-hybridized carbons (Fsp3) is 0.154. The average molecular weight is 1670 g/mol. The van der Waals surface area contributed by atoms with Crippen LogP contribution in [-0.2, 0) is 47.2 Å². The Kier molecular flexibility index (Phi) is 24.8. The first kappa shape index (κ1) is 82.7. The highest BCUT2D eigenvalue weighted by atomic mass is 16.6. The van der Waals surface area contributed by atoms with Crippen molar-refractivity contribution in [2.45, 2.75) is 74.3 Å². The molecule has 5 aromatic carbocycles. The molecule has 0 saturated heterocycles. The molecule has 20 aromatic rings. The molecule has 1 amide bonds. The number of aliphatic imine (C=N–C) groups is 2. The highest BCUT2D eigenvalue weighted by Gasteiger charge is 2.18. The fourth-order valence-corrected chi connectivity index (χ4v) is 13.6. The van der Waals surface area contributed by atoms with Crippen LogP contribution in [0, 0.1) is 0 Å². The minimum Gasteiger partial charge on any atom is -0.411 e. The quantitative estimate of drug-likeness (QED) is 0.0310. The molecular weight excluding hydrogens is 1590 g/mol. The van der Waals surface area contributed by atoms with Gasteiger partial charge >= 0.3 is 0 Å². The van der Waals surface area contributed by atoms with E-state index in [0.29, 0.717) is 106 Å². The van der Waals surface area contributed by atoms with Crippen LogP contribution in [0.5, 0.6) is 0 Å². The smallest absolute Gasteiger partial charge is 0.239 e. The van der Waals surface area contributed by atoms with Crippen LogP contribution < -0.4 is 5.73 Å². The summed E-state index contributed by atoms with van der Waals surface area (Å²) in [5, 5.41) is 63.3. The lowest BCUT2D eigenvalue weighted by atomic mass is 10.1. The van der Waals surface area contributed by atoms with E-state index in [-0.39, 0.29) is 24.7 Å². The van der Waals surface area contributed by atoms with Gasteiger partial charge in [-0.05, 0) is 214 Å². The van der Waals surface area contributed by atoms with Gasteiger partial charge in [-0.2, -0.15) is 0 Å². The van der Waals surface area contributed by atoms with Crippen LogP contribution in [0.3, 0.4) is 0 Å². The maximum absolute atomic E-state index is 11.5. The first-order valence-electron chi connectivity index (χ1n) is 39.7. The van der Waals surface area contributed by atoms with Crippen LogP contribution in [0.2, 0.25) is 0 Å². The molecule has 0 spiro atoms. The van der Waals surface area contributed by atoms with Gasteiger partial charge in [-0.15, -0.1) is 25.5 Å². The molecule has 15 heterocycles. The van der Waals surface area contributed by atoms with E-state index in [4.69, 9.17) is 15.8 Å². The second kappa shape index (κ2) is 37.7. The molecule has 3 N–H and O–H groups in total. The Balaban J connectivity index is 0.000000116. The number of carbonyl (C=O) groups is 3. The van der Waals surface area contributed by atoms with Crippen molar-refractivity contribution in [1.82, 2.24) is 125 Å². The van der Waals surface area contributed by atoms with E-state index < -0.39 is 5.91 Å². The van der Waals surface area contributed by atoms with Gasteiger partial charge in [0.25, 0.3) is 0 Å². The van der Waals surface area contributed by atoms with E-state index in [2.05, 4.69) is 152 Å². The molecular formula is C91H78N30O5. The number of pyridine rings is 10. The number of amides is 1. The highest BCUT2D eigenvalue weighted by molar-refractivity contribution is 6.01. The zero-order chi connectivity index (χ0) is 87.2. The Hall–Kier alpha value is -17.0. The minimum atomic E-state index is -0.479. The molecule has 0 atom stereocenters. The molecule has 35 heteroatoms. The first-order chi connectivity index (χ1) is 61.4. The summed E-state index contributed by atoms with van der Waals surface area (Å²) in [5.74, 6) is -0.530. The van der Waals surface area contributed by atoms with Gasteiger partial charge in [0.15, 0.2) is 39.8 Å². The number of benzene rings is 5. The zero-order valence-electron chi connectivity index (χ0n) is 69.2. The second-order valence-corrected chi connectivity index (χ2v) is 29.2. The topological polar surface area (TPSA) is 439 Å². The molecule has 622 valence electrons. The van der Waals surface area contributed by atoms with Gasteiger partial charge in [-0.25, -0.2) is 48.3 Å². The predicted octanol–water partition coefficient (Wildman–Crippen LogP) is 12.6. The maximum Gasteiger partial charge on any atom is 0.239 e. The first-order valence-corrected chi connectivity index (χ1v) is 39.7. The number of Topliss-reactive ketones (excluding diaryl/α,β-unsaturated/α-hetero) is 2. The van der Waals surface area contributed by atoms with Crippen molar-refractivity contribution in [2.75, 3.05) is 20.2 Å². The van der Waals surface area contributed by atoms with Crippen LogP contribution in [0.15, 0.2) is 264 Å². The number of primary amides is 1. The summed E-state index contributed by atoms with van der Waals surface area (Å²) >= 11 is 0. The number of rotatable bonds is 20. The summed E-state index contributed by atoms with van der Waals surface area (Å²) in [6.45, 7) is 13.1. The van der Waals surface area contributed by atoms with Gasteiger partial charge in [0, 0.05) is 64.8 Å². The number of oxime groups is 2. The van der Waals surface area contributed by atoms with Crippen molar-refractivity contribution in [3.63, 3.8) is 0 Å². The lowest BCUT2D eigenvalue weighted by molar-refractivity contribution is -0.117. The van der Waals surface area contributed by atoms with Crippen molar-refractivity contribution in [2.24, 2.45) is 26.0 Å². The third-order valence-electron chi connectivity index (χ3n) is 20.0. The van der Waals surface area contributed by atoms with Gasteiger partial charge in [0.05, 0.1) is 101 Å². The SMILES string of the molecule is C/C(=N\O)c1ccc2nnn(Cc3ccc4ncccc4c3)c2n1.CC(=NCC(N)=O)c1ccc2nnn(Cc3ccc4ncccc4c3)c2n1.CC(=O)CN=C(C)c1ccc2nnn(Cc3ccc4ncccc4c3)c2n1.CC(=O)c1ccc2nnn(Cc3ccc4ncccc4c3)c2n1.CO/N=C(\C)c1ccc2nnn(Cc3ccc4ncccc4c3)c2n1. The van der Waals surface area contributed by atoms with E-state index in [1.807, 2.05) is 178 Å². The maximum atomic E-state index is 11.5. The number of nitrogens with zero attached hydrogens (tertiary/aromatic N) is 29. The summed E-state index contributed by atoms with van der Waals surface area (Å²) in [6.07, 6.45) is 8.92. The van der Waals surface area contributed by atoms with Crippen molar-refractivity contribution in [1.29, 1.82) is 0 Å². The molecule has 15 aromatic heterocycles. The van der Waals surface area contributed by atoms with Crippen molar-refractivity contribution >= 4 is 151 Å². The third kappa shape index (κ3) is 19.5. The van der Waals surface area contributed by atoms with Crippen LogP contribution in [-0.4, -0.2) is 191 Å². The molecule has 0 fully saturated rings. The van der Waals surface area contributed by atoms with E-state index in [1.165, 1.54) is 21.0 Å². The highest BCUT2D eigenvalue weighted by Crippen LogP contribution is 2.24. The molecule has 0 unspecified atom stereocenters. The van der Waals surface area contributed by atoms with Crippen molar-refractivity contribution in [3.05, 3.63) is 300 Å². The Morgan fingerprint density at radius 1 is 0.325 bits per heavy atom. The van der Waals surface area contributed by atoms with Gasteiger partial charge < -0.3 is 15.8 Å². The Labute approximate surface area is 716 Å². The zero-order valence-corrected chi connectivity index (χ0v) is 69.2. The molecule has 0 aliphatic carbocycles. The molecule has 0 bridgehead atoms. The molecule has 126 heavy (non-hydrogen) atoms. The standard InChI is InChI=1S/C20H18N6O.C19H17N7O.C18H16N6O.C17H14N6O.C17H13N5O/c1-13(27)11-22-14(2)17-7-8-19-20(23-17)26(25-24-19)12-15-5-6-18-16(10-15)4-3-9-21-18;1-12(22-10-18(20)27)15-6-7-17-19(23-15)26(25-24-17)11-13-4-5-16-14(9-13)3-2-8-21-16;1-12(22-25-2)15-7-8-17-18(20-15)24(23-21-17)11-13-5-6-16-14(10-13)4-3-9-19-16;1-11(21-24)14-6-7-16-17(19-14)23(22-20-16)10-12-4-5-15-13(9-12)3-2-8-18-15;1-11(23)14-6-7-16-17(19-14)22(21-20-16)10-12-4-5-15-13(9-12)3-2-8-18-15/h3-10H,11-12H2,1-2H3;2-9H,10-11H2,1H3,(H2,20,27);3-10H,11H2,1-2H3;2-9,24H,10H2,1H3;2-9H,10H2,1H3/b;;22-12+;21-11+;. The number of ketones is 2. The fourth-order valence-electron chi connectivity index (χ4n) is 13.6. The summed E-state index contributed by atoms with van der Waals surface area (Å²) in [6, 6.07) is 68.5. The molecule has 0 radical (unpaired) electrons. The van der Waals surface area contributed by atoms with E-state index in [1.54, 1.807) is 86.4 Å². The van der Waals surface area contributed by atoms with Gasteiger partial charge in [0.2, 0.25) is 5.91 Å². The monoisotopic (exact) mass is 1670 g/mol. The van der Waals surface area contributed by atoms with Crippen LogP contribution in [0.25, 0.3) is 110 Å². The Morgan fingerprint density at radius 2 is 0.579 bits per heavy atom. The summed E-state index contributed by atoms with van der Waals surface area (Å²) < 4.78 is 8.75. The number of hydrogen-bond donors (Lipinski definition) is 2. The van der Waals surface area contributed by atoms with Gasteiger partial charge in [-0.1, -0.05) is 97.0 Å². The largest absolute Gasteiger partial charge is 0.411 e. The predicted molar refractivity (Wildman–Crippen MR) is 478 cm³/mol.